The van der Waals surface area contributed by atoms with Gasteiger partial charge in [-0.15, -0.1) is 0 Å². The van der Waals surface area contributed by atoms with Crippen molar-refractivity contribution in [3.63, 3.8) is 0 Å². The fraction of sp³-hybridized carbons (Fsp3) is 0.880. The van der Waals surface area contributed by atoms with Crippen LogP contribution in [0.3, 0.4) is 0 Å². The average Bonchev–Trinajstić information content (AvgIpc) is 3.04. The minimum absolute atomic E-state index is 0.0789. The highest BCUT2D eigenvalue weighted by Gasteiger charge is 2.61. The molecule has 3 fully saturated rings. The van der Waals surface area contributed by atoms with Crippen LogP contribution in [0.25, 0.3) is 0 Å². The maximum absolute atomic E-state index is 12.6. The quantitative estimate of drug-likeness (QED) is 0.504. The van der Waals surface area contributed by atoms with Gasteiger partial charge in [-0.1, -0.05) is 27.4 Å². The van der Waals surface area contributed by atoms with Crippen LogP contribution in [0, 0.1) is 23.7 Å². The first-order valence-electron chi connectivity index (χ1n) is 11.9. The standard InChI is InChI=1S/C25H42O6/c1-8-9-20(27)31-25(6)11-10-19(29-7)24(5,28)13-18-21-15(4)17(26)12-16(14(2)3)22(21)23(25)30-18/h14,16-19,21-23,26,28H,4,8-13H2,1-3,5-7H3/t16-,17+,18-,19+,21-,22-,23-,24+,25-/m1/s1. The van der Waals surface area contributed by atoms with Gasteiger partial charge in [0.25, 0.3) is 0 Å². The number of ether oxygens (including phenoxy) is 3. The molecule has 0 spiro atoms. The van der Waals surface area contributed by atoms with E-state index in [2.05, 4.69) is 20.4 Å². The van der Waals surface area contributed by atoms with Crippen LogP contribution in [0.1, 0.15) is 73.1 Å². The Morgan fingerprint density at radius 3 is 2.61 bits per heavy atom. The number of hydrogen-bond donors (Lipinski definition) is 2. The smallest absolute Gasteiger partial charge is 0.306 e. The molecular formula is C25H42O6. The van der Waals surface area contributed by atoms with Crippen LogP contribution >= 0.6 is 0 Å². The number of hydrogen-bond acceptors (Lipinski definition) is 6. The van der Waals surface area contributed by atoms with Crippen LogP contribution in [-0.2, 0) is 19.0 Å². The predicted molar refractivity (Wildman–Crippen MR) is 118 cm³/mol. The third-order valence-corrected chi connectivity index (χ3v) is 8.09. The van der Waals surface area contributed by atoms with E-state index in [-0.39, 0.29) is 35.9 Å². The highest BCUT2D eigenvalue weighted by atomic mass is 16.6. The first-order valence-corrected chi connectivity index (χ1v) is 11.9. The molecule has 2 saturated heterocycles. The lowest BCUT2D eigenvalue weighted by Gasteiger charge is -2.47. The summed E-state index contributed by atoms with van der Waals surface area (Å²) in [5.41, 5.74) is -1.16. The first kappa shape index (κ1) is 24.7. The highest BCUT2D eigenvalue weighted by Crippen LogP contribution is 2.56. The lowest BCUT2D eigenvalue weighted by atomic mass is 9.60. The zero-order valence-corrected chi connectivity index (χ0v) is 20.1. The monoisotopic (exact) mass is 438 g/mol. The number of rotatable bonds is 5. The largest absolute Gasteiger partial charge is 0.457 e. The summed E-state index contributed by atoms with van der Waals surface area (Å²) in [6.45, 7) is 14.3. The number of aliphatic hydroxyl groups excluding tert-OH is 1. The zero-order valence-electron chi connectivity index (χ0n) is 20.1. The molecule has 2 N–H and O–H groups in total. The lowest BCUT2D eigenvalue weighted by molar-refractivity contribution is -0.182. The summed E-state index contributed by atoms with van der Waals surface area (Å²) in [5.74, 6) is 0.324. The van der Waals surface area contributed by atoms with E-state index < -0.39 is 23.4 Å². The van der Waals surface area contributed by atoms with Gasteiger partial charge in [0.05, 0.1) is 23.9 Å². The fourth-order valence-corrected chi connectivity index (χ4v) is 6.41. The molecule has 1 aliphatic carbocycles. The van der Waals surface area contributed by atoms with Gasteiger partial charge in [-0.2, -0.15) is 0 Å². The van der Waals surface area contributed by atoms with Crippen LogP contribution in [0.4, 0.5) is 0 Å². The molecule has 0 aromatic rings. The van der Waals surface area contributed by atoms with Crippen molar-refractivity contribution in [1.29, 1.82) is 0 Å². The second kappa shape index (κ2) is 9.12. The molecule has 0 amide bonds. The second-order valence-electron chi connectivity index (χ2n) is 10.8. The lowest BCUT2D eigenvalue weighted by Crippen LogP contribution is -2.53. The van der Waals surface area contributed by atoms with E-state index >= 15 is 0 Å². The Labute approximate surface area is 187 Å². The van der Waals surface area contributed by atoms with Crippen molar-refractivity contribution in [3.8, 4) is 0 Å². The third-order valence-electron chi connectivity index (χ3n) is 8.09. The van der Waals surface area contributed by atoms with Crippen LogP contribution in [0.2, 0.25) is 0 Å². The molecule has 0 unspecified atom stereocenters. The van der Waals surface area contributed by atoms with E-state index in [4.69, 9.17) is 14.2 Å². The SMILES string of the molecule is C=C1[C@H]2[C@@H]([C@@H](C(C)C)C[C@@H]1O)[C@H]1O[C@@H]2C[C@](C)(O)[C@@H](OC)CC[C@@]1(C)OC(=O)CCC. The predicted octanol–water partition coefficient (Wildman–Crippen LogP) is 3.63. The molecular weight excluding hydrogens is 396 g/mol. The fourth-order valence-electron chi connectivity index (χ4n) is 6.41. The molecule has 9 atom stereocenters. The summed E-state index contributed by atoms with van der Waals surface area (Å²) in [5, 5.41) is 22.1. The second-order valence-corrected chi connectivity index (χ2v) is 10.8. The van der Waals surface area contributed by atoms with Gasteiger partial charge in [0.2, 0.25) is 0 Å². The molecule has 3 aliphatic rings. The van der Waals surface area contributed by atoms with Crippen LogP contribution in [-0.4, -0.2) is 58.9 Å². The van der Waals surface area contributed by atoms with Gasteiger partial charge in [0.15, 0.2) is 0 Å². The molecule has 2 heterocycles. The van der Waals surface area contributed by atoms with E-state index in [1.54, 1.807) is 14.0 Å². The summed E-state index contributed by atoms with van der Waals surface area (Å²) < 4.78 is 18.5. The summed E-state index contributed by atoms with van der Waals surface area (Å²) in [4.78, 5) is 12.6. The van der Waals surface area contributed by atoms with Crippen molar-refractivity contribution in [2.24, 2.45) is 23.7 Å². The van der Waals surface area contributed by atoms with Crippen molar-refractivity contribution < 1.29 is 29.2 Å². The molecule has 31 heavy (non-hydrogen) atoms. The van der Waals surface area contributed by atoms with Crippen molar-refractivity contribution >= 4 is 5.97 Å². The average molecular weight is 439 g/mol. The van der Waals surface area contributed by atoms with Crippen molar-refractivity contribution in [2.75, 3.05) is 7.11 Å². The molecule has 6 heteroatoms. The number of carbonyl (C=O) groups is 1. The van der Waals surface area contributed by atoms with E-state index in [9.17, 15) is 15.0 Å². The van der Waals surface area contributed by atoms with Crippen LogP contribution < -0.4 is 0 Å². The summed E-state index contributed by atoms with van der Waals surface area (Å²) >= 11 is 0. The van der Waals surface area contributed by atoms with Crippen LogP contribution in [0.15, 0.2) is 12.2 Å². The Kier molecular flexibility index (Phi) is 7.27. The van der Waals surface area contributed by atoms with Gasteiger partial charge in [-0.25, -0.2) is 0 Å². The van der Waals surface area contributed by atoms with Gasteiger partial charge in [-0.3, -0.25) is 4.79 Å². The van der Waals surface area contributed by atoms with E-state index in [1.165, 1.54) is 0 Å². The zero-order chi connectivity index (χ0) is 23.1. The Balaban J connectivity index is 2.08. The summed E-state index contributed by atoms with van der Waals surface area (Å²) in [6, 6.07) is 0. The minimum atomic E-state index is -1.10. The number of carbonyl (C=O) groups excluding carboxylic acids is 1. The molecule has 0 aromatic heterocycles. The van der Waals surface area contributed by atoms with Crippen molar-refractivity contribution in [1.82, 2.24) is 0 Å². The number of esters is 1. The summed E-state index contributed by atoms with van der Waals surface area (Å²) in [6.07, 6.45) is 1.61. The first-order chi connectivity index (χ1) is 14.4. The molecule has 2 aliphatic heterocycles. The normalized spacial score (nSPS) is 45.6. The van der Waals surface area contributed by atoms with Crippen molar-refractivity contribution in [2.45, 2.75) is 109 Å². The van der Waals surface area contributed by atoms with Gasteiger partial charge < -0.3 is 24.4 Å². The van der Waals surface area contributed by atoms with E-state index in [0.717, 1.165) is 12.0 Å². The van der Waals surface area contributed by atoms with Gasteiger partial charge in [0, 0.05) is 31.8 Å². The molecule has 0 aromatic carbocycles. The maximum atomic E-state index is 12.6. The Hall–Kier alpha value is -0.950. The Morgan fingerprint density at radius 1 is 1.35 bits per heavy atom. The van der Waals surface area contributed by atoms with Gasteiger partial charge >= 0.3 is 5.97 Å². The topological polar surface area (TPSA) is 85.2 Å². The molecule has 1 saturated carbocycles. The van der Waals surface area contributed by atoms with Gasteiger partial charge in [0.1, 0.15) is 11.7 Å². The Bertz CT molecular complexity index is 673. The van der Waals surface area contributed by atoms with Gasteiger partial charge in [-0.05, 0) is 56.9 Å². The molecule has 178 valence electrons. The molecule has 2 bridgehead atoms. The molecule has 0 radical (unpaired) electrons. The molecule has 6 nitrogen and oxygen atoms in total. The summed E-state index contributed by atoms with van der Waals surface area (Å²) in [7, 11) is 1.61. The maximum Gasteiger partial charge on any atom is 0.306 e. The van der Waals surface area contributed by atoms with Crippen molar-refractivity contribution in [3.05, 3.63) is 12.2 Å². The minimum Gasteiger partial charge on any atom is -0.457 e. The van der Waals surface area contributed by atoms with Crippen LogP contribution in [0.5, 0.6) is 0 Å². The third kappa shape index (κ3) is 4.59. The number of fused-ring (bicyclic) bond motifs is 5. The number of methoxy groups -OCH3 is 1. The highest BCUT2D eigenvalue weighted by molar-refractivity contribution is 5.69. The van der Waals surface area contributed by atoms with E-state index in [1.807, 2.05) is 13.8 Å². The van der Waals surface area contributed by atoms with E-state index in [0.29, 0.717) is 38.0 Å². The number of aliphatic hydroxyl groups is 2. The molecule has 3 rings (SSSR count). The Morgan fingerprint density at radius 2 is 2.03 bits per heavy atom.